The maximum Gasteiger partial charge on any atom is 0.260 e. The highest BCUT2D eigenvalue weighted by atomic mass is 16.5. The van der Waals surface area contributed by atoms with E-state index in [1.165, 1.54) is 0 Å². The first-order valence-electron chi connectivity index (χ1n) is 9.09. The molecule has 0 aromatic heterocycles. The molecule has 0 radical (unpaired) electrons. The van der Waals surface area contributed by atoms with Gasteiger partial charge in [-0.15, -0.1) is 0 Å². The number of carbonyl (C=O) groups excluding carboxylic acids is 2. The van der Waals surface area contributed by atoms with Crippen molar-refractivity contribution in [1.82, 2.24) is 9.80 Å². The number of benzene rings is 1. The summed E-state index contributed by atoms with van der Waals surface area (Å²) >= 11 is 0. The minimum atomic E-state index is -0.0328. The summed E-state index contributed by atoms with van der Waals surface area (Å²) in [6.07, 6.45) is 2.87. The van der Waals surface area contributed by atoms with E-state index in [4.69, 9.17) is 9.47 Å². The maximum absolute atomic E-state index is 12.4. The van der Waals surface area contributed by atoms with Crippen molar-refractivity contribution >= 4 is 11.8 Å². The van der Waals surface area contributed by atoms with Gasteiger partial charge in [-0.3, -0.25) is 9.59 Å². The van der Waals surface area contributed by atoms with Gasteiger partial charge in [-0.25, -0.2) is 0 Å². The molecular weight excluding hydrogens is 320 g/mol. The van der Waals surface area contributed by atoms with Gasteiger partial charge in [0.1, 0.15) is 11.5 Å². The Labute approximate surface area is 148 Å². The monoisotopic (exact) mass is 346 g/mol. The van der Waals surface area contributed by atoms with Crippen LogP contribution in [0.5, 0.6) is 11.5 Å². The van der Waals surface area contributed by atoms with Crippen LogP contribution < -0.4 is 9.47 Å². The summed E-state index contributed by atoms with van der Waals surface area (Å²) in [4.78, 5) is 28.3. The number of rotatable bonds is 6. The molecule has 136 valence electrons. The van der Waals surface area contributed by atoms with Gasteiger partial charge in [0.05, 0.1) is 6.61 Å². The largest absolute Gasteiger partial charge is 0.494 e. The van der Waals surface area contributed by atoms with Crippen LogP contribution in [0.4, 0.5) is 0 Å². The fraction of sp³-hybridized carbons (Fsp3) is 0.579. The van der Waals surface area contributed by atoms with Gasteiger partial charge in [-0.05, 0) is 50.5 Å². The molecule has 1 aromatic rings. The number of hydrogen-bond donors (Lipinski definition) is 0. The van der Waals surface area contributed by atoms with Crippen LogP contribution in [0.15, 0.2) is 24.3 Å². The Balaban J connectivity index is 1.45. The second-order valence-electron chi connectivity index (χ2n) is 6.53. The van der Waals surface area contributed by atoms with Crippen LogP contribution in [0.2, 0.25) is 0 Å². The SMILES string of the molecule is CCOc1ccc(OCC(=O)N2CCCN(C(=O)C3CC3)CC2)cc1. The van der Waals surface area contributed by atoms with Gasteiger partial charge >= 0.3 is 0 Å². The van der Waals surface area contributed by atoms with Crippen LogP contribution in [0.25, 0.3) is 0 Å². The van der Waals surface area contributed by atoms with Gasteiger partial charge in [0.2, 0.25) is 5.91 Å². The average molecular weight is 346 g/mol. The molecule has 1 heterocycles. The highest BCUT2D eigenvalue weighted by Gasteiger charge is 2.34. The van der Waals surface area contributed by atoms with Crippen molar-refractivity contribution in [3.63, 3.8) is 0 Å². The highest BCUT2D eigenvalue weighted by Crippen LogP contribution is 2.31. The van der Waals surface area contributed by atoms with E-state index in [-0.39, 0.29) is 24.3 Å². The van der Waals surface area contributed by atoms with Gasteiger partial charge in [-0.1, -0.05) is 0 Å². The molecule has 0 atom stereocenters. The number of nitrogens with zero attached hydrogens (tertiary/aromatic N) is 2. The number of amides is 2. The summed E-state index contributed by atoms with van der Waals surface area (Å²) in [6, 6.07) is 7.26. The predicted octanol–water partition coefficient (Wildman–Crippen LogP) is 1.93. The summed E-state index contributed by atoms with van der Waals surface area (Å²) < 4.78 is 11.0. The van der Waals surface area contributed by atoms with E-state index in [1.807, 2.05) is 24.0 Å². The van der Waals surface area contributed by atoms with Crippen molar-refractivity contribution in [2.24, 2.45) is 5.92 Å². The third kappa shape index (κ3) is 4.87. The molecule has 2 amide bonds. The van der Waals surface area contributed by atoms with E-state index in [2.05, 4.69) is 0 Å². The third-order valence-corrected chi connectivity index (χ3v) is 4.58. The first-order chi connectivity index (χ1) is 12.2. The molecule has 0 N–H and O–H groups in total. The van der Waals surface area contributed by atoms with Crippen LogP contribution >= 0.6 is 0 Å². The Morgan fingerprint density at radius 1 is 0.960 bits per heavy atom. The molecule has 0 unspecified atom stereocenters. The van der Waals surface area contributed by atoms with E-state index in [0.717, 1.165) is 31.6 Å². The molecule has 1 aromatic carbocycles. The summed E-state index contributed by atoms with van der Waals surface area (Å²) in [7, 11) is 0. The van der Waals surface area contributed by atoms with Crippen LogP contribution in [0.1, 0.15) is 26.2 Å². The molecule has 1 aliphatic carbocycles. The van der Waals surface area contributed by atoms with Crippen LogP contribution in [0.3, 0.4) is 0 Å². The fourth-order valence-corrected chi connectivity index (χ4v) is 3.01. The van der Waals surface area contributed by atoms with E-state index in [9.17, 15) is 9.59 Å². The Bertz CT molecular complexity index is 598. The summed E-state index contributed by atoms with van der Waals surface area (Å²) in [5.41, 5.74) is 0. The van der Waals surface area contributed by atoms with Gasteiger partial charge in [-0.2, -0.15) is 0 Å². The molecule has 1 saturated heterocycles. The molecular formula is C19H26N2O4. The lowest BCUT2D eigenvalue weighted by atomic mass is 10.3. The standard InChI is InChI=1S/C19H26N2O4/c1-2-24-16-6-8-17(9-7-16)25-14-18(22)20-10-3-11-21(13-12-20)19(23)15-4-5-15/h6-9,15H,2-5,10-14H2,1H3. The molecule has 1 aliphatic heterocycles. The zero-order chi connectivity index (χ0) is 17.6. The Morgan fingerprint density at radius 2 is 1.56 bits per heavy atom. The van der Waals surface area contributed by atoms with E-state index < -0.39 is 0 Å². The third-order valence-electron chi connectivity index (χ3n) is 4.58. The first kappa shape index (κ1) is 17.6. The van der Waals surface area contributed by atoms with Gasteiger partial charge in [0.15, 0.2) is 6.61 Å². The second kappa shape index (κ2) is 8.23. The van der Waals surface area contributed by atoms with Crippen molar-refractivity contribution in [2.45, 2.75) is 26.2 Å². The van der Waals surface area contributed by atoms with Crippen molar-refractivity contribution in [1.29, 1.82) is 0 Å². The van der Waals surface area contributed by atoms with Crippen LogP contribution in [0, 0.1) is 5.92 Å². The van der Waals surface area contributed by atoms with Crippen molar-refractivity contribution in [2.75, 3.05) is 39.4 Å². The zero-order valence-corrected chi connectivity index (χ0v) is 14.8. The van der Waals surface area contributed by atoms with Gasteiger partial charge < -0.3 is 19.3 Å². The molecule has 2 fully saturated rings. The van der Waals surface area contributed by atoms with Crippen molar-refractivity contribution < 1.29 is 19.1 Å². The molecule has 25 heavy (non-hydrogen) atoms. The molecule has 6 heteroatoms. The maximum atomic E-state index is 12.4. The summed E-state index contributed by atoms with van der Waals surface area (Å²) in [5, 5.41) is 0. The van der Waals surface area contributed by atoms with Crippen molar-refractivity contribution in [3.05, 3.63) is 24.3 Å². The molecule has 0 spiro atoms. The normalized spacial score (nSPS) is 17.8. The lowest BCUT2D eigenvalue weighted by Gasteiger charge is -2.22. The highest BCUT2D eigenvalue weighted by molar-refractivity contribution is 5.81. The minimum Gasteiger partial charge on any atom is -0.494 e. The number of carbonyl (C=O) groups is 2. The summed E-state index contributed by atoms with van der Waals surface area (Å²) in [5.74, 6) is 1.91. The quantitative estimate of drug-likeness (QED) is 0.790. The Morgan fingerprint density at radius 3 is 2.20 bits per heavy atom. The Kier molecular flexibility index (Phi) is 5.79. The van der Waals surface area contributed by atoms with E-state index in [0.29, 0.717) is 32.0 Å². The van der Waals surface area contributed by atoms with Gasteiger partial charge in [0, 0.05) is 32.1 Å². The van der Waals surface area contributed by atoms with Crippen LogP contribution in [-0.4, -0.2) is 61.0 Å². The number of ether oxygens (including phenoxy) is 2. The molecule has 3 rings (SSSR count). The average Bonchev–Trinajstić information content (AvgIpc) is 3.47. The lowest BCUT2D eigenvalue weighted by molar-refractivity contribution is -0.135. The summed E-state index contributed by atoms with van der Waals surface area (Å²) in [6.45, 7) is 5.22. The zero-order valence-electron chi connectivity index (χ0n) is 14.8. The second-order valence-corrected chi connectivity index (χ2v) is 6.53. The molecule has 2 aliphatic rings. The fourth-order valence-electron chi connectivity index (χ4n) is 3.01. The van der Waals surface area contributed by atoms with Gasteiger partial charge in [0.25, 0.3) is 5.91 Å². The minimum absolute atomic E-state index is 0.0184. The molecule has 0 bridgehead atoms. The Hall–Kier alpha value is -2.24. The lowest BCUT2D eigenvalue weighted by Crippen LogP contribution is -2.39. The van der Waals surface area contributed by atoms with Crippen LogP contribution in [-0.2, 0) is 9.59 Å². The molecule has 6 nitrogen and oxygen atoms in total. The van der Waals surface area contributed by atoms with E-state index in [1.54, 1.807) is 17.0 Å². The van der Waals surface area contributed by atoms with Crippen molar-refractivity contribution in [3.8, 4) is 11.5 Å². The van der Waals surface area contributed by atoms with E-state index >= 15 is 0 Å². The smallest absolute Gasteiger partial charge is 0.260 e. The first-order valence-corrected chi connectivity index (χ1v) is 9.09. The topological polar surface area (TPSA) is 59.1 Å². The predicted molar refractivity (Wildman–Crippen MR) is 93.6 cm³/mol. The number of hydrogen-bond acceptors (Lipinski definition) is 4. The molecule has 1 saturated carbocycles.